The van der Waals surface area contributed by atoms with Gasteiger partial charge in [-0.15, -0.1) is 0 Å². The smallest absolute Gasteiger partial charge is 0.317 e. The van der Waals surface area contributed by atoms with E-state index in [2.05, 4.69) is 16.7 Å². The molecule has 0 spiro atoms. The molecule has 1 fully saturated rings. The number of hydrogen-bond acceptors (Lipinski definition) is 4. The maximum atomic E-state index is 12.4. The molecular weight excluding hydrogens is 318 g/mol. The van der Waals surface area contributed by atoms with Crippen LogP contribution in [0.2, 0.25) is 0 Å². The van der Waals surface area contributed by atoms with E-state index in [-0.39, 0.29) is 36.6 Å². The molecule has 7 heteroatoms. The maximum absolute atomic E-state index is 12.4. The third-order valence-electron chi connectivity index (χ3n) is 4.47. The van der Waals surface area contributed by atoms with Crippen molar-refractivity contribution >= 4 is 11.9 Å². The van der Waals surface area contributed by atoms with Gasteiger partial charge in [0.25, 0.3) is 0 Å². The molecule has 0 radical (unpaired) electrons. The van der Waals surface area contributed by atoms with Gasteiger partial charge in [0.05, 0.1) is 12.6 Å². The second kappa shape index (κ2) is 9.04. The molecule has 2 N–H and O–H groups in total. The van der Waals surface area contributed by atoms with Crippen molar-refractivity contribution in [2.75, 3.05) is 19.6 Å². The van der Waals surface area contributed by atoms with Crippen molar-refractivity contribution in [2.24, 2.45) is 0 Å². The molecule has 1 heterocycles. The van der Waals surface area contributed by atoms with Crippen molar-refractivity contribution in [1.82, 2.24) is 20.4 Å². The van der Waals surface area contributed by atoms with Crippen LogP contribution in [-0.2, 0) is 4.79 Å². The maximum Gasteiger partial charge on any atom is 0.317 e. The summed E-state index contributed by atoms with van der Waals surface area (Å²) in [5, 5.41) is 15.2. The average Bonchev–Trinajstić information content (AvgIpc) is 2.99. The highest BCUT2D eigenvalue weighted by Gasteiger charge is 2.30. The van der Waals surface area contributed by atoms with Gasteiger partial charge in [-0.3, -0.25) is 4.79 Å². The molecule has 1 saturated heterocycles. The van der Waals surface area contributed by atoms with Gasteiger partial charge in [-0.1, -0.05) is 0 Å². The molecule has 0 aromatic heterocycles. The lowest BCUT2D eigenvalue weighted by Crippen LogP contribution is -2.56. The molecule has 0 aromatic carbocycles. The van der Waals surface area contributed by atoms with Crippen LogP contribution in [0.4, 0.5) is 4.79 Å². The zero-order chi connectivity index (χ0) is 19.2. The number of likely N-dealkylation sites (tertiary alicyclic amines) is 1. The van der Waals surface area contributed by atoms with E-state index in [1.165, 1.54) is 0 Å². The molecule has 0 saturated carbocycles. The van der Waals surface area contributed by atoms with Gasteiger partial charge in [-0.05, 0) is 54.4 Å². The molecule has 3 amide bonds. The summed E-state index contributed by atoms with van der Waals surface area (Å²) in [7, 11) is 0. The molecule has 1 atom stereocenters. The van der Waals surface area contributed by atoms with E-state index in [9.17, 15) is 9.59 Å². The normalized spacial score (nSPS) is 17.7. The molecule has 25 heavy (non-hydrogen) atoms. The Morgan fingerprint density at radius 1 is 1.28 bits per heavy atom. The van der Waals surface area contributed by atoms with Crippen LogP contribution in [0.1, 0.15) is 54.4 Å². The first kappa shape index (κ1) is 21.2. The van der Waals surface area contributed by atoms with Crippen molar-refractivity contribution < 1.29 is 9.59 Å². The number of urea groups is 1. The van der Waals surface area contributed by atoms with Crippen molar-refractivity contribution in [1.29, 1.82) is 5.26 Å². The van der Waals surface area contributed by atoms with Gasteiger partial charge in [0.15, 0.2) is 0 Å². The second-order valence-electron chi connectivity index (χ2n) is 7.87. The Morgan fingerprint density at radius 2 is 1.88 bits per heavy atom. The van der Waals surface area contributed by atoms with Crippen molar-refractivity contribution in [3.63, 3.8) is 0 Å². The molecule has 1 aliphatic rings. The molecular formula is C18H33N5O2. The van der Waals surface area contributed by atoms with Crippen LogP contribution in [0.25, 0.3) is 0 Å². The minimum Gasteiger partial charge on any atom is -0.336 e. The zero-order valence-corrected chi connectivity index (χ0v) is 16.4. The molecule has 7 nitrogen and oxygen atoms in total. The van der Waals surface area contributed by atoms with E-state index in [1.807, 2.05) is 41.5 Å². The summed E-state index contributed by atoms with van der Waals surface area (Å²) in [4.78, 5) is 28.1. The second-order valence-corrected chi connectivity index (χ2v) is 7.87. The topological polar surface area (TPSA) is 88.5 Å². The van der Waals surface area contributed by atoms with Crippen molar-refractivity contribution in [3.05, 3.63) is 0 Å². The molecule has 142 valence electrons. The van der Waals surface area contributed by atoms with E-state index in [0.29, 0.717) is 13.1 Å². The zero-order valence-electron chi connectivity index (χ0n) is 16.4. The van der Waals surface area contributed by atoms with Gasteiger partial charge < -0.3 is 20.4 Å². The number of nitriles is 1. The summed E-state index contributed by atoms with van der Waals surface area (Å²) in [5.41, 5.74) is -0.424. The Bertz CT molecular complexity index is 502. The standard InChI is InChI=1S/C18H33N5O2/c1-13(2)23(14(3)4)17(25)20-12-18(5,6)21-11-16(24)22-9-7-8-15(22)10-19/h13-15,21H,7-9,11-12H2,1-6H3,(H,20,25)/t15-/m0/s1. The van der Waals surface area contributed by atoms with Gasteiger partial charge in [-0.25, -0.2) is 4.79 Å². The van der Waals surface area contributed by atoms with E-state index >= 15 is 0 Å². The van der Waals surface area contributed by atoms with E-state index in [4.69, 9.17) is 5.26 Å². The fourth-order valence-corrected chi connectivity index (χ4v) is 3.13. The highest BCUT2D eigenvalue weighted by Crippen LogP contribution is 2.16. The first-order valence-corrected chi connectivity index (χ1v) is 9.09. The van der Waals surface area contributed by atoms with E-state index in [0.717, 1.165) is 12.8 Å². The van der Waals surface area contributed by atoms with Crippen LogP contribution in [0.5, 0.6) is 0 Å². The minimum absolute atomic E-state index is 0.0607. The largest absolute Gasteiger partial charge is 0.336 e. The first-order valence-electron chi connectivity index (χ1n) is 9.09. The third-order valence-corrected chi connectivity index (χ3v) is 4.47. The number of hydrogen-bond donors (Lipinski definition) is 2. The number of carbonyl (C=O) groups is 2. The van der Waals surface area contributed by atoms with Crippen molar-refractivity contribution in [3.8, 4) is 6.07 Å². The third kappa shape index (κ3) is 6.20. The Labute approximate surface area is 151 Å². The van der Waals surface area contributed by atoms with Gasteiger partial charge >= 0.3 is 6.03 Å². The molecule has 1 rings (SSSR count). The van der Waals surface area contributed by atoms with Gasteiger partial charge in [-0.2, -0.15) is 5.26 Å². The molecule has 1 aliphatic heterocycles. The summed E-state index contributed by atoms with van der Waals surface area (Å²) in [6.45, 7) is 13.1. The predicted molar refractivity (Wildman–Crippen MR) is 97.9 cm³/mol. The molecule has 0 bridgehead atoms. The lowest BCUT2D eigenvalue weighted by molar-refractivity contribution is -0.130. The highest BCUT2D eigenvalue weighted by atomic mass is 16.2. The van der Waals surface area contributed by atoms with E-state index in [1.54, 1.807) is 9.80 Å². The lowest BCUT2D eigenvalue weighted by Gasteiger charge is -2.33. The first-order chi connectivity index (χ1) is 11.6. The van der Waals surface area contributed by atoms with Gasteiger partial charge in [0, 0.05) is 30.7 Å². The molecule has 0 aromatic rings. The SMILES string of the molecule is CC(C)N(C(=O)NCC(C)(C)NCC(=O)N1CCC[C@H]1C#N)C(C)C. The van der Waals surface area contributed by atoms with Crippen LogP contribution in [-0.4, -0.2) is 65.0 Å². The Hall–Kier alpha value is -1.81. The number of carbonyl (C=O) groups excluding carboxylic acids is 2. The van der Waals surface area contributed by atoms with E-state index < -0.39 is 5.54 Å². The van der Waals surface area contributed by atoms with Crippen molar-refractivity contribution in [2.45, 2.75) is 78.0 Å². The van der Waals surface area contributed by atoms with Crippen LogP contribution in [0, 0.1) is 11.3 Å². The van der Waals surface area contributed by atoms with Gasteiger partial charge in [0.1, 0.15) is 6.04 Å². The van der Waals surface area contributed by atoms with Crippen LogP contribution >= 0.6 is 0 Å². The number of amides is 3. The van der Waals surface area contributed by atoms with Crippen LogP contribution in [0.15, 0.2) is 0 Å². The summed E-state index contributed by atoms with van der Waals surface area (Å²) in [6.07, 6.45) is 1.63. The van der Waals surface area contributed by atoms with Crippen LogP contribution < -0.4 is 10.6 Å². The molecule has 0 aliphatic carbocycles. The minimum atomic E-state index is -0.424. The van der Waals surface area contributed by atoms with Crippen LogP contribution in [0.3, 0.4) is 0 Å². The fourth-order valence-electron chi connectivity index (χ4n) is 3.13. The average molecular weight is 351 g/mol. The van der Waals surface area contributed by atoms with Gasteiger partial charge in [0.2, 0.25) is 5.91 Å². The summed E-state index contributed by atoms with van der Waals surface area (Å²) >= 11 is 0. The summed E-state index contributed by atoms with van der Waals surface area (Å²) in [6, 6.07) is 2.02. The summed E-state index contributed by atoms with van der Waals surface area (Å²) < 4.78 is 0. The fraction of sp³-hybridized carbons (Fsp3) is 0.833. The number of nitrogens with one attached hydrogen (secondary N) is 2. The number of nitrogens with zero attached hydrogens (tertiary/aromatic N) is 3. The monoisotopic (exact) mass is 351 g/mol. The Kier molecular flexibility index (Phi) is 7.68. The molecule has 0 unspecified atom stereocenters. The number of rotatable bonds is 7. The lowest BCUT2D eigenvalue weighted by atomic mass is 10.1. The Balaban J connectivity index is 2.49. The summed E-state index contributed by atoms with van der Waals surface area (Å²) in [5.74, 6) is -0.0607. The predicted octanol–water partition coefficient (Wildman–Crippen LogP) is 1.70. The Morgan fingerprint density at radius 3 is 2.40 bits per heavy atom. The highest BCUT2D eigenvalue weighted by molar-refractivity contribution is 5.79. The quantitative estimate of drug-likeness (QED) is 0.731.